The zero-order valence-corrected chi connectivity index (χ0v) is 12.6. The van der Waals surface area contributed by atoms with Crippen molar-refractivity contribution in [2.75, 3.05) is 13.7 Å². The van der Waals surface area contributed by atoms with Gasteiger partial charge in [0.2, 0.25) is 0 Å². The largest absolute Gasteiger partial charge is 0.464 e. The first-order valence-corrected chi connectivity index (χ1v) is 6.48. The van der Waals surface area contributed by atoms with E-state index in [1.807, 2.05) is 0 Å². The molecule has 1 aromatic heterocycles. The van der Waals surface area contributed by atoms with Crippen molar-refractivity contribution in [1.29, 1.82) is 0 Å². The van der Waals surface area contributed by atoms with E-state index < -0.39 is 23.8 Å². The molecule has 1 heterocycles. The molecule has 118 valence electrons. The monoisotopic (exact) mass is 299 g/mol. The third kappa shape index (κ3) is 5.82. The highest BCUT2D eigenvalue weighted by molar-refractivity contribution is 5.87. The minimum atomic E-state index is -0.916. The second kappa shape index (κ2) is 7.07. The Labute approximate surface area is 123 Å². The van der Waals surface area contributed by atoms with E-state index in [0.717, 1.165) is 0 Å². The van der Waals surface area contributed by atoms with Gasteiger partial charge < -0.3 is 19.9 Å². The minimum Gasteiger partial charge on any atom is -0.464 e. The Kier molecular flexibility index (Phi) is 5.71. The number of aliphatic hydroxyl groups is 1. The second-order valence-electron chi connectivity index (χ2n) is 5.43. The van der Waals surface area contributed by atoms with Gasteiger partial charge in [0, 0.05) is 12.7 Å². The van der Waals surface area contributed by atoms with Crippen LogP contribution in [0.3, 0.4) is 0 Å². The highest BCUT2D eigenvalue weighted by Crippen LogP contribution is 2.06. The summed E-state index contributed by atoms with van der Waals surface area (Å²) in [7, 11) is 1.26. The van der Waals surface area contributed by atoms with Crippen molar-refractivity contribution in [2.45, 2.75) is 39.0 Å². The summed E-state index contributed by atoms with van der Waals surface area (Å²) in [6.07, 6.45) is -0.101. The normalized spacial score (nSPS) is 12.6. The second-order valence-corrected chi connectivity index (χ2v) is 5.43. The summed E-state index contributed by atoms with van der Waals surface area (Å²) in [6.45, 7) is 5.27. The van der Waals surface area contributed by atoms with Crippen molar-refractivity contribution < 1.29 is 24.2 Å². The van der Waals surface area contributed by atoms with E-state index in [1.54, 1.807) is 20.8 Å². The molecule has 0 aliphatic heterocycles. The highest BCUT2D eigenvalue weighted by atomic mass is 16.6. The fourth-order valence-electron chi connectivity index (χ4n) is 1.54. The van der Waals surface area contributed by atoms with Crippen LogP contribution in [0.4, 0.5) is 4.79 Å². The molecule has 0 fully saturated rings. The van der Waals surface area contributed by atoms with Gasteiger partial charge in [-0.2, -0.15) is 5.10 Å². The number of amides is 1. The average molecular weight is 299 g/mol. The van der Waals surface area contributed by atoms with Crippen LogP contribution in [0.25, 0.3) is 0 Å². The first kappa shape index (κ1) is 17.0. The Bertz CT molecular complexity index is 492. The van der Waals surface area contributed by atoms with E-state index in [1.165, 1.54) is 24.1 Å². The van der Waals surface area contributed by atoms with Crippen molar-refractivity contribution in [1.82, 2.24) is 15.1 Å². The number of methoxy groups -OCH3 is 1. The van der Waals surface area contributed by atoms with E-state index in [9.17, 15) is 14.7 Å². The van der Waals surface area contributed by atoms with E-state index >= 15 is 0 Å². The van der Waals surface area contributed by atoms with Gasteiger partial charge in [-0.1, -0.05) is 0 Å². The van der Waals surface area contributed by atoms with Crippen LogP contribution in [0.5, 0.6) is 0 Å². The van der Waals surface area contributed by atoms with Crippen LogP contribution in [-0.4, -0.2) is 52.3 Å². The van der Waals surface area contributed by atoms with E-state index in [2.05, 4.69) is 15.2 Å². The fourth-order valence-corrected chi connectivity index (χ4v) is 1.54. The summed E-state index contributed by atoms with van der Waals surface area (Å²) in [5.74, 6) is -0.542. The molecule has 0 aromatic carbocycles. The van der Waals surface area contributed by atoms with Crippen LogP contribution >= 0.6 is 0 Å². The first-order chi connectivity index (χ1) is 9.73. The number of hydrogen-bond acceptors (Lipinski definition) is 6. The molecule has 0 spiro atoms. The molecule has 0 saturated heterocycles. The smallest absolute Gasteiger partial charge is 0.407 e. The van der Waals surface area contributed by atoms with Crippen LogP contribution in [0.2, 0.25) is 0 Å². The van der Waals surface area contributed by atoms with Gasteiger partial charge in [-0.3, -0.25) is 4.68 Å². The summed E-state index contributed by atoms with van der Waals surface area (Å²) in [4.78, 5) is 22.9. The first-order valence-electron chi connectivity index (χ1n) is 6.48. The molecular weight excluding hydrogens is 278 g/mol. The lowest BCUT2D eigenvalue weighted by molar-refractivity contribution is 0.0474. The fraction of sp³-hybridized carbons (Fsp3) is 0.615. The van der Waals surface area contributed by atoms with Crippen molar-refractivity contribution in [3.05, 3.63) is 18.0 Å². The molecule has 0 bridgehead atoms. The summed E-state index contributed by atoms with van der Waals surface area (Å²) in [5.41, 5.74) is -0.372. The molecule has 1 atom stereocenters. The number of nitrogens with zero attached hydrogens (tertiary/aromatic N) is 2. The van der Waals surface area contributed by atoms with Gasteiger partial charge in [0.1, 0.15) is 11.3 Å². The Hall–Kier alpha value is -2.09. The number of ether oxygens (including phenoxy) is 2. The average Bonchev–Trinajstić information content (AvgIpc) is 2.81. The number of carbonyl (C=O) groups excluding carboxylic acids is 2. The molecule has 0 aliphatic rings. The Morgan fingerprint density at radius 2 is 2.14 bits per heavy atom. The molecule has 1 rings (SSSR count). The summed E-state index contributed by atoms with van der Waals surface area (Å²) in [6, 6.07) is 1.49. The van der Waals surface area contributed by atoms with E-state index in [4.69, 9.17) is 4.74 Å². The predicted octanol–water partition coefficient (Wildman–Crippen LogP) is 0.555. The predicted molar refractivity (Wildman–Crippen MR) is 73.8 cm³/mol. The van der Waals surface area contributed by atoms with Crippen molar-refractivity contribution in [3.8, 4) is 0 Å². The molecule has 8 nitrogen and oxygen atoms in total. The summed E-state index contributed by atoms with van der Waals surface area (Å²) in [5, 5.41) is 16.2. The number of alkyl carbamates (subject to hydrolysis) is 1. The third-order valence-electron chi connectivity index (χ3n) is 2.38. The third-order valence-corrected chi connectivity index (χ3v) is 2.38. The molecule has 1 unspecified atom stereocenters. The Morgan fingerprint density at radius 3 is 2.71 bits per heavy atom. The van der Waals surface area contributed by atoms with E-state index in [0.29, 0.717) is 0 Å². The highest BCUT2D eigenvalue weighted by Gasteiger charge is 2.18. The summed E-state index contributed by atoms with van der Waals surface area (Å²) < 4.78 is 11.0. The molecule has 2 N–H and O–H groups in total. The molecule has 1 aromatic rings. The number of rotatable bonds is 5. The van der Waals surface area contributed by atoms with Gasteiger partial charge in [0.15, 0.2) is 0 Å². The van der Waals surface area contributed by atoms with Crippen molar-refractivity contribution in [2.24, 2.45) is 0 Å². The zero-order chi connectivity index (χ0) is 16.0. The van der Waals surface area contributed by atoms with Crippen molar-refractivity contribution >= 4 is 12.1 Å². The number of aromatic nitrogens is 2. The molecular formula is C13H21N3O5. The number of nitrogens with one attached hydrogen (secondary N) is 1. The van der Waals surface area contributed by atoms with Gasteiger partial charge >= 0.3 is 12.1 Å². The van der Waals surface area contributed by atoms with Crippen LogP contribution < -0.4 is 5.32 Å². The molecule has 1 amide bonds. The topological polar surface area (TPSA) is 103 Å². The number of esters is 1. The molecule has 8 heteroatoms. The maximum atomic E-state index is 11.4. The molecule has 21 heavy (non-hydrogen) atoms. The van der Waals surface area contributed by atoms with Gasteiger partial charge in [-0.15, -0.1) is 0 Å². The lowest BCUT2D eigenvalue weighted by Gasteiger charge is -2.20. The molecule has 0 saturated carbocycles. The minimum absolute atomic E-state index is 0.0185. The van der Waals surface area contributed by atoms with Crippen LogP contribution in [0, 0.1) is 0 Å². The Morgan fingerprint density at radius 1 is 1.48 bits per heavy atom. The van der Waals surface area contributed by atoms with Crippen LogP contribution in [-0.2, 0) is 16.0 Å². The lowest BCUT2D eigenvalue weighted by atomic mass is 10.2. The van der Waals surface area contributed by atoms with E-state index in [-0.39, 0.29) is 18.8 Å². The SMILES string of the molecule is COC(=O)c1ccnn1CC(O)CNC(=O)OC(C)(C)C. The number of hydrogen-bond donors (Lipinski definition) is 2. The van der Waals surface area contributed by atoms with Gasteiger partial charge in [-0.05, 0) is 26.8 Å². The van der Waals surface area contributed by atoms with Gasteiger partial charge in [-0.25, -0.2) is 9.59 Å². The Balaban J connectivity index is 2.48. The van der Waals surface area contributed by atoms with Gasteiger partial charge in [0.05, 0.1) is 19.8 Å². The zero-order valence-electron chi connectivity index (χ0n) is 12.6. The molecule has 0 radical (unpaired) electrons. The van der Waals surface area contributed by atoms with Crippen molar-refractivity contribution in [3.63, 3.8) is 0 Å². The standard InChI is InChI=1S/C13H21N3O5/c1-13(2,3)21-12(19)14-7-9(17)8-16-10(5-6-15-16)11(18)20-4/h5-6,9,17H,7-8H2,1-4H3,(H,14,19). The summed E-state index contributed by atoms with van der Waals surface area (Å²) >= 11 is 0. The number of aliphatic hydroxyl groups excluding tert-OH is 1. The number of carbonyl (C=O) groups is 2. The van der Waals surface area contributed by atoms with Crippen LogP contribution in [0.15, 0.2) is 12.3 Å². The quantitative estimate of drug-likeness (QED) is 0.770. The maximum absolute atomic E-state index is 11.4. The van der Waals surface area contributed by atoms with Crippen LogP contribution in [0.1, 0.15) is 31.3 Å². The lowest BCUT2D eigenvalue weighted by Crippen LogP contribution is -2.38. The molecule has 0 aliphatic carbocycles. The van der Waals surface area contributed by atoms with Gasteiger partial charge in [0.25, 0.3) is 0 Å². The maximum Gasteiger partial charge on any atom is 0.407 e.